The zero-order chi connectivity index (χ0) is 13.1. The fourth-order valence-electron chi connectivity index (χ4n) is 2.64. The molecule has 1 saturated heterocycles. The van der Waals surface area contributed by atoms with E-state index in [1.807, 2.05) is 16.9 Å². The Morgan fingerprint density at radius 2 is 2.11 bits per heavy atom. The highest BCUT2D eigenvalue weighted by atomic mass is 16.3. The van der Waals surface area contributed by atoms with Crippen LogP contribution in [0.5, 0.6) is 0 Å². The lowest BCUT2D eigenvalue weighted by atomic mass is 10.1. The summed E-state index contributed by atoms with van der Waals surface area (Å²) in [6.07, 6.45) is 4.84. The van der Waals surface area contributed by atoms with Crippen molar-refractivity contribution in [1.82, 2.24) is 14.7 Å². The summed E-state index contributed by atoms with van der Waals surface area (Å²) in [5, 5.41) is 13.4. The van der Waals surface area contributed by atoms with Crippen molar-refractivity contribution >= 4 is 0 Å². The normalized spacial score (nSPS) is 19.9. The molecule has 4 heteroatoms. The van der Waals surface area contributed by atoms with Crippen molar-refractivity contribution in [2.24, 2.45) is 5.92 Å². The molecule has 0 spiro atoms. The number of rotatable bonds is 4. The number of aliphatic hydroxyl groups excluding tert-OH is 1. The number of likely N-dealkylation sites (tertiary alicyclic amines) is 1. The zero-order valence-electron chi connectivity index (χ0n) is 10.9. The van der Waals surface area contributed by atoms with Crippen molar-refractivity contribution in [2.45, 2.75) is 13.0 Å². The Bertz CT molecular complexity index is 507. The van der Waals surface area contributed by atoms with Crippen LogP contribution in [0.4, 0.5) is 0 Å². The molecule has 0 saturated carbocycles. The van der Waals surface area contributed by atoms with Gasteiger partial charge in [0.15, 0.2) is 0 Å². The minimum Gasteiger partial charge on any atom is -0.396 e. The molecular formula is C15H19N3O. The second-order valence-electron chi connectivity index (χ2n) is 5.19. The summed E-state index contributed by atoms with van der Waals surface area (Å²) in [5.74, 6) is 0.461. The van der Waals surface area contributed by atoms with Crippen molar-refractivity contribution in [1.29, 1.82) is 0 Å². The van der Waals surface area contributed by atoms with E-state index in [1.165, 1.54) is 5.56 Å². The van der Waals surface area contributed by atoms with Crippen LogP contribution in [0.25, 0.3) is 5.69 Å². The van der Waals surface area contributed by atoms with E-state index >= 15 is 0 Å². The highest BCUT2D eigenvalue weighted by Crippen LogP contribution is 2.18. The molecule has 0 bridgehead atoms. The van der Waals surface area contributed by atoms with E-state index in [9.17, 15) is 0 Å². The lowest BCUT2D eigenvalue weighted by Crippen LogP contribution is -2.20. The first kappa shape index (κ1) is 12.4. The lowest BCUT2D eigenvalue weighted by Gasteiger charge is -2.15. The minimum absolute atomic E-state index is 0.314. The number of hydrogen-bond donors (Lipinski definition) is 1. The van der Waals surface area contributed by atoms with Crippen LogP contribution in [0.1, 0.15) is 12.0 Å². The molecular weight excluding hydrogens is 238 g/mol. The van der Waals surface area contributed by atoms with Crippen LogP contribution < -0.4 is 0 Å². The first-order valence-corrected chi connectivity index (χ1v) is 6.77. The second kappa shape index (κ2) is 5.55. The minimum atomic E-state index is 0.314. The van der Waals surface area contributed by atoms with Gasteiger partial charge >= 0.3 is 0 Å². The van der Waals surface area contributed by atoms with Crippen molar-refractivity contribution in [2.75, 3.05) is 19.7 Å². The highest BCUT2D eigenvalue weighted by Gasteiger charge is 2.21. The second-order valence-corrected chi connectivity index (χ2v) is 5.19. The van der Waals surface area contributed by atoms with E-state index in [-0.39, 0.29) is 0 Å². The monoisotopic (exact) mass is 257 g/mol. The van der Waals surface area contributed by atoms with Crippen LogP contribution in [-0.2, 0) is 6.54 Å². The van der Waals surface area contributed by atoms with E-state index in [0.717, 1.165) is 31.7 Å². The van der Waals surface area contributed by atoms with Gasteiger partial charge in [0.1, 0.15) is 0 Å². The molecule has 1 aliphatic rings. The predicted molar refractivity (Wildman–Crippen MR) is 74.0 cm³/mol. The Morgan fingerprint density at radius 1 is 1.26 bits per heavy atom. The maximum absolute atomic E-state index is 9.16. The van der Waals surface area contributed by atoms with Gasteiger partial charge in [-0.2, -0.15) is 5.10 Å². The molecule has 1 fully saturated rings. The third kappa shape index (κ3) is 2.85. The fourth-order valence-corrected chi connectivity index (χ4v) is 2.64. The molecule has 100 valence electrons. The molecule has 1 atom stereocenters. The Hall–Kier alpha value is -1.65. The summed E-state index contributed by atoms with van der Waals surface area (Å²) in [4.78, 5) is 2.41. The fraction of sp³-hybridized carbons (Fsp3) is 0.400. The van der Waals surface area contributed by atoms with Gasteiger partial charge in [-0.3, -0.25) is 4.90 Å². The number of nitrogens with zero attached hydrogens (tertiary/aromatic N) is 3. The first-order valence-electron chi connectivity index (χ1n) is 6.77. The SMILES string of the molecule is OCC1CCN(Cc2ccc(-n3cccn3)cc2)C1. The van der Waals surface area contributed by atoms with Gasteiger partial charge in [0, 0.05) is 32.1 Å². The Kier molecular flexibility index (Phi) is 3.62. The van der Waals surface area contributed by atoms with Crippen molar-refractivity contribution in [3.05, 3.63) is 48.3 Å². The Labute approximate surface area is 113 Å². The molecule has 3 rings (SSSR count). The molecule has 1 aliphatic heterocycles. The van der Waals surface area contributed by atoms with Crippen LogP contribution >= 0.6 is 0 Å². The number of benzene rings is 1. The topological polar surface area (TPSA) is 41.3 Å². The van der Waals surface area contributed by atoms with Crippen LogP contribution in [-0.4, -0.2) is 39.5 Å². The third-order valence-corrected chi connectivity index (χ3v) is 3.74. The summed E-state index contributed by atoms with van der Waals surface area (Å²) >= 11 is 0. The van der Waals surface area contributed by atoms with Crippen molar-refractivity contribution in [3.8, 4) is 5.69 Å². The van der Waals surface area contributed by atoms with Crippen LogP contribution in [0.3, 0.4) is 0 Å². The molecule has 0 radical (unpaired) electrons. The smallest absolute Gasteiger partial charge is 0.0645 e. The standard InChI is InChI=1S/C15H19N3O/c19-12-14-6-9-17(11-14)10-13-2-4-15(5-3-13)18-8-1-7-16-18/h1-5,7-8,14,19H,6,9-12H2. The molecule has 1 unspecified atom stereocenters. The first-order chi connectivity index (χ1) is 9.35. The summed E-state index contributed by atoms with van der Waals surface area (Å²) in [6, 6.07) is 10.4. The van der Waals surface area contributed by atoms with Gasteiger partial charge in [-0.15, -0.1) is 0 Å². The van der Waals surface area contributed by atoms with Crippen molar-refractivity contribution < 1.29 is 5.11 Å². The van der Waals surface area contributed by atoms with Gasteiger partial charge in [0.2, 0.25) is 0 Å². The number of aliphatic hydroxyl groups is 1. The highest BCUT2D eigenvalue weighted by molar-refractivity contribution is 5.33. The summed E-state index contributed by atoms with van der Waals surface area (Å²) in [6.45, 7) is 3.38. The maximum Gasteiger partial charge on any atom is 0.0645 e. The Morgan fingerprint density at radius 3 is 2.74 bits per heavy atom. The molecule has 1 aromatic carbocycles. The maximum atomic E-state index is 9.16. The molecule has 2 heterocycles. The lowest BCUT2D eigenvalue weighted by molar-refractivity contribution is 0.220. The zero-order valence-corrected chi connectivity index (χ0v) is 10.9. The van der Waals surface area contributed by atoms with Gasteiger partial charge in [-0.25, -0.2) is 4.68 Å². The average Bonchev–Trinajstić information content (AvgIpc) is 3.10. The number of aromatic nitrogens is 2. The van der Waals surface area contributed by atoms with Crippen LogP contribution in [0.2, 0.25) is 0 Å². The molecule has 2 aromatic rings. The van der Waals surface area contributed by atoms with Gasteiger partial charge in [-0.1, -0.05) is 12.1 Å². The van der Waals surface area contributed by atoms with E-state index in [2.05, 4.69) is 34.3 Å². The summed E-state index contributed by atoms with van der Waals surface area (Å²) in [7, 11) is 0. The van der Waals surface area contributed by atoms with Gasteiger partial charge in [0.25, 0.3) is 0 Å². The quantitative estimate of drug-likeness (QED) is 0.906. The summed E-state index contributed by atoms with van der Waals surface area (Å²) < 4.78 is 1.86. The van der Waals surface area contributed by atoms with E-state index in [4.69, 9.17) is 5.11 Å². The molecule has 4 nitrogen and oxygen atoms in total. The van der Waals surface area contributed by atoms with Gasteiger partial charge in [0.05, 0.1) is 5.69 Å². The van der Waals surface area contributed by atoms with Gasteiger partial charge in [-0.05, 0) is 42.6 Å². The summed E-state index contributed by atoms with van der Waals surface area (Å²) in [5.41, 5.74) is 2.40. The molecule has 19 heavy (non-hydrogen) atoms. The van der Waals surface area contributed by atoms with E-state index < -0.39 is 0 Å². The molecule has 1 aromatic heterocycles. The van der Waals surface area contributed by atoms with E-state index in [0.29, 0.717) is 12.5 Å². The predicted octanol–water partition coefficient (Wildman–Crippen LogP) is 1.69. The van der Waals surface area contributed by atoms with Crippen LogP contribution in [0, 0.1) is 5.92 Å². The van der Waals surface area contributed by atoms with Gasteiger partial charge < -0.3 is 5.11 Å². The largest absolute Gasteiger partial charge is 0.396 e. The third-order valence-electron chi connectivity index (χ3n) is 3.74. The number of hydrogen-bond acceptors (Lipinski definition) is 3. The molecule has 1 N–H and O–H groups in total. The average molecular weight is 257 g/mol. The molecule has 0 amide bonds. The molecule has 0 aliphatic carbocycles. The van der Waals surface area contributed by atoms with Crippen molar-refractivity contribution in [3.63, 3.8) is 0 Å². The Balaban J connectivity index is 1.63. The van der Waals surface area contributed by atoms with Crippen LogP contribution in [0.15, 0.2) is 42.7 Å². The van der Waals surface area contributed by atoms with E-state index in [1.54, 1.807) is 6.20 Å².